The molecule has 67 valence electrons. The molecule has 1 radical (unpaired) electrons. The fourth-order valence-corrected chi connectivity index (χ4v) is 0. The molecule has 0 bridgehead atoms. The second-order valence-electron chi connectivity index (χ2n) is 0.513. The van der Waals surface area contributed by atoms with Gasteiger partial charge in [0.2, 0.25) is 0 Å². The second kappa shape index (κ2) is 17.0. The Balaban J connectivity index is -0.00000000800. The average Bonchev–Trinajstić information content (AvgIpc) is 0.722. The van der Waals surface area contributed by atoms with Gasteiger partial charge in [0, 0.05) is 36.5 Å². The van der Waals surface area contributed by atoms with Crippen LogP contribution in [0.2, 0.25) is 0 Å². The molecule has 0 unspecified atom stereocenters. The van der Waals surface area contributed by atoms with Gasteiger partial charge in [-0.05, 0) is 0 Å². The molecule has 0 aliphatic heterocycles. The van der Waals surface area contributed by atoms with E-state index in [1.165, 1.54) is 0 Å². The molecular formula is H10AlCuO6PZn. The largest absolute Gasteiger partial charge is 0.466 e. The summed E-state index contributed by atoms with van der Waals surface area (Å²) in [4.78, 5) is 21.6. The van der Waals surface area contributed by atoms with Crippen molar-refractivity contribution >= 4 is 25.2 Å². The van der Waals surface area contributed by atoms with E-state index < -0.39 is 7.82 Å². The van der Waals surface area contributed by atoms with Gasteiger partial charge in [0.1, 0.15) is 0 Å². The Morgan fingerprint density at radius 1 is 1.00 bits per heavy atom. The molecule has 7 N–H and O–H groups in total. The number of hydrogen-bond donors (Lipinski definition) is 3. The van der Waals surface area contributed by atoms with E-state index in [-0.39, 0.29) is 64.9 Å². The van der Waals surface area contributed by atoms with Crippen LogP contribution in [0.4, 0.5) is 0 Å². The smallest absolute Gasteiger partial charge is 0.412 e. The first kappa shape index (κ1) is 41.2. The van der Waals surface area contributed by atoms with Gasteiger partial charge < -0.3 is 25.6 Å². The van der Waals surface area contributed by atoms with E-state index in [1.807, 2.05) is 0 Å². The van der Waals surface area contributed by atoms with Gasteiger partial charge in [0.05, 0.1) is 0 Å². The van der Waals surface area contributed by atoms with Crippen molar-refractivity contribution in [3.8, 4) is 0 Å². The van der Waals surface area contributed by atoms with Gasteiger partial charge in [0.25, 0.3) is 0 Å². The standard InChI is InChI=1S/Al.Cu.H3O4P.2H2O.Zn.3H/c;;1-5(2,3)4;;;;;;/h;;(H3,1,2,3,4);2*1H2;;;;. The molecule has 0 amide bonds. The van der Waals surface area contributed by atoms with Gasteiger partial charge in [0.15, 0.2) is 17.4 Å². The van der Waals surface area contributed by atoms with Crippen molar-refractivity contribution < 1.29 is 66.7 Å². The van der Waals surface area contributed by atoms with Gasteiger partial charge >= 0.3 is 7.82 Å². The Hall–Kier alpha value is 1.71. The molecular weight excluding hydrogens is 283 g/mol. The van der Waals surface area contributed by atoms with Crippen LogP contribution in [0.5, 0.6) is 0 Å². The summed E-state index contributed by atoms with van der Waals surface area (Å²) >= 11 is 0. The predicted octanol–water partition coefficient (Wildman–Crippen LogP) is -3.77. The number of phosphoric acid groups is 1. The quantitative estimate of drug-likeness (QED) is 0.311. The van der Waals surface area contributed by atoms with E-state index in [0.717, 1.165) is 0 Å². The molecule has 0 fully saturated rings. The minimum absolute atomic E-state index is 0. The van der Waals surface area contributed by atoms with Crippen LogP contribution in [0.3, 0.4) is 0 Å². The first-order valence-corrected chi connectivity index (χ1v) is 2.35. The summed E-state index contributed by atoms with van der Waals surface area (Å²) in [5, 5.41) is 0. The van der Waals surface area contributed by atoms with E-state index in [9.17, 15) is 0 Å². The van der Waals surface area contributed by atoms with Crippen molar-refractivity contribution in [3.05, 3.63) is 0 Å². The molecule has 0 aliphatic carbocycles. The van der Waals surface area contributed by atoms with Crippen LogP contribution >= 0.6 is 7.82 Å². The maximum Gasteiger partial charge on any atom is 0.466 e. The fraction of sp³-hybridized carbons (Fsp3) is 0. The van der Waals surface area contributed by atoms with E-state index >= 15 is 0 Å². The Morgan fingerprint density at radius 2 is 1.00 bits per heavy atom. The van der Waals surface area contributed by atoms with Gasteiger partial charge in [-0.15, -0.1) is 0 Å². The van der Waals surface area contributed by atoms with Crippen LogP contribution < -0.4 is 0 Å². The topological polar surface area (TPSA) is 141 Å². The third-order valence-electron chi connectivity index (χ3n) is 0. The maximum atomic E-state index is 8.88. The molecule has 0 aliphatic rings. The van der Waals surface area contributed by atoms with Crippen LogP contribution in [0.15, 0.2) is 0 Å². The Morgan fingerprint density at radius 3 is 1.00 bits per heavy atom. The summed E-state index contributed by atoms with van der Waals surface area (Å²) in [5.41, 5.74) is 0. The summed E-state index contributed by atoms with van der Waals surface area (Å²) < 4.78 is 8.88. The third-order valence-corrected chi connectivity index (χ3v) is 0. The first-order chi connectivity index (χ1) is 2.00. The van der Waals surface area contributed by atoms with E-state index in [0.29, 0.717) is 0 Å². The Labute approximate surface area is 91.6 Å². The molecule has 0 aromatic carbocycles. The van der Waals surface area contributed by atoms with E-state index in [2.05, 4.69) is 0 Å². The van der Waals surface area contributed by atoms with Crippen molar-refractivity contribution in [2.24, 2.45) is 0 Å². The molecule has 0 heterocycles. The first-order valence-electron chi connectivity index (χ1n) is 0.783. The van der Waals surface area contributed by atoms with Crippen molar-refractivity contribution in [1.29, 1.82) is 0 Å². The van der Waals surface area contributed by atoms with Crippen molar-refractivity contribution in [2.75, 3.05) is 0 Å². The molecule has 10 heavy (non-hydrogen) atoms. The third kappa shape index (κ3) is 253. The summed E-state index contributed by atoms with van der Waals surface area (Å²) in [6, 6.07) is 0. The van der Waals surface area contributed by atoms with E-state index in [4.69, 9.17) is 19.2 Å². The molecule has 0 aromatic rings. The summed E-state index contributed by atoms with van der Waals surface area (Å²) in [6.07, 6.45) is 0. The zero-order chi connectivity index (χ0) is 4.50. The van der Waals surface area contributed by atoms with Crippen molar-refractivity contribution in [2.45, 2.75) is 0 Å². The van der Waals surface area contributed by atoms with Crippen molar-refractivity contribution in [3.63, 3.8) is 0 Å². The number of rotatable bonds is 0. The molecule has 0 aromatic heterocycles. The van der Waals surface area contributed by atoms with Gasteiger partial charge in [-0.25, -0.2) is 4.57 Å². The van der Waals surface area contributed by atoms with Gasteiger partial charge in [-0.2, -0.15) is 0 Å². The van der Waals surface area contributed by atoms with Gasteiger partial charge in [-0.3, -0.25) is 0 Å². The molecule has 6 nitrogen and oxygen atoms in total. The summed E-state index contributed by atoms with van der Waals surface area (Å²) in [6.45, 7) is 0. The SMILES string of the molecule is O.O.O=P(O)(O)O.[AlH3].[Cu].[Zn]. The summed E-state index contributed by atoms with van der Waals surface area (Å²) in [7, 11) is -4.64. The second-order valence-corrected chi connectivity index (χ2v) is 1.54. The fourth-order valence-electron chi connectivity index (χ4n) is 0. The Bertz CT molecular complexity index is 63.9. The van der Waals surface area contributed by atoms with Crippen molar-refractivity contribution in [1.82, 2.24) is 0 Å². The van der Waals surface area contributed by atoms with Gasteiger partial charge in [-0.1, -0.05) is 0 Å². The monoisotopic (exact) mass is 291 g/mol. The minimum atomic E-state index is -4.64. The maximum absolute atomic E-state index is 8.88. The molecule has 0 spiro atoms. The summed E-state index contributed by atoms with van der Waals surface area (Å²) in [5.74, 6) is 0. The zero-order valence-electron chi connectivity index (χ0n) is 4.21. The molecule has 0 atom stereocenters. The minimum Gasteiger partial charge on any atom is -0.412 e. The van der Waals surface area contributed by atoms with Crippen LogP contribution in [0.25, 0.3) is 0 Å². The Kier molecular flexibility index (Phi) is 70.0. The number of hydrogen-bond acceptors (Lipinski definition) is 1. The zero-order valence-corrected chi connectivity index (χ0v) is 9.01. The normalized spacial score (nSPS) is 5.90. The average molecular weight is 293 g/mol. The van der Waals surface area contributed by atoms with Crippen LogP contribution in [0.1, 0.15) is 0 Å². The molecule has 10 heteroatoms. The molecule has 0 saturated carbocycles. The molecule has 0 rings (SSSR count). The van der Waals surface area contributed by atoms with E-state index in [1.54, 1.807) is 0 Å². The molecule has 0 saturated heterocycles. The van der Waals surface area contributed by atoms with Crippen LogP contribution in [-0.2, 0) is 41.1 Å². The van der Waals surface area contributed by atoms with Crippen LogP contribution in [-0.4, -0.2) is 43.0 Å². The predicted molar refractivity (Wildman–Crippen MR) is 31.4 cm³/mol. The van der Waals surface area contributed by atoms with Crippen LogP contribution in [0, 0.1) is 0 Å².